The number of nitrogens with zero attached hydrogens (tertiary/aromatic N) is 7. The number of hydrogen-bond donors (Lipinski definition) is 2. The zero-order chi connectivity index (χ0) is 23.6. The zero-order valence-corrected chi connectivity index (χ0v) is 18.9. The summed E-state index contributed by atoms with van der Waals surface area (Å²) in [4.78, 5) is 32.0. The highest BCUT2D eigenvalue weighted by atomic mass is 16.2. The fraction of sp³-hybridized carbons (Fsp3) is 0.565. The molecule has 4 fully saturated rings. The predicted molar refractivity (Wildman–Crippen MR) is 119 cm³/mol. The first kappa shape index (κ1) is 21.2. The van der Waals surface area contributed by atoms with Crippen molar-refractivity contribution in [2.24, 2.45) is 11.7 Å². The van der Waals surface area contributed by atoms with Crippen molar-refractivity contribution in [2.45, 2.75) is 62.4 Å². The Kier molecular flexibility index (Phi) is 4.89. The van der Waals surface area contributed by atoms with Gasteiger partial charge in [-0.25, -0.2) is 0 Å². The lowest BCUT2D eigenvalue weighted by Crippen LogP contribution is -2.57. The molecule has 1 aromatic carbocycles. The predicted octanol–water partition coefficient (Wildman–Crippen LogP) is 0.0531. The van der Waals surface area contributed by atoms with E-state index in [4.69, 9.17) is 5.73 Å². The molecule has 11 heteroatoms. The normalized spacial score (nSPS) is 31.4. The van der Waals surface area contributed by atoms with Gasteiger partial charge in [0.05, 0.1) is 24.2 Å². The molecule has 0 spiro atoms. The number of carbonyl (C=O) groups excluding carboxylic acids is 2. The first-order valence-electron chi connectivity index (χ1n) is 11.8. The van der Waals surface area contributed by atoms with Crippen LogP contribution in [0.2, 0.25) is 0 Å². The van der Waals surface area contributed by atoms with Crippen LogP contribution in [0, 0.1) is 17.2 Å². The van der Waals surface area contributed by atoms with E-state index in [1.165, 1.54) is 0 Å². The standard InChI is InChI=1S/C23H27N9O2/c1-12(13-2-4-14(5-3-13)21-26-28-29-27-21)31-17-8-20(23(31)34)30(10-17)11-18(25)22(33)32-16(9-24)6-15-7-19(15)32/h2-5,12,15-20H,6-8,10-11,25H2,1H3,(H,26,27,28,29)/t12-,15?,16-,17-,18-,19-,20-/m0/s1. The summed E-state index contributed by atoms with van der Waals surface area (Å²) in [5.41, 5.74) is 8.21. The molecular formula is C23H27N9O2. The molecule has 2 aromatic rings. The number of amides is 2. The highest BCUT2D eigenvalue weighted by molar-refractivity contribution is 5.87. The third-order valence-corrected chi connectivity index (χ3v) is 7.98. The van der Waals surface area contributed by atoms with Gasteiger partial charge in [-0.05, 0) is 42.9 Å². The van der Waals surface area contributed by atoms with Crippen LogP contribution in [0.3, 0.4) is 0 Å². The molecular weight excluding hydrogens is 434 g/mol. The Morgan fingerprint density at radius 2 is 2.09 bits per heavy atom. The third kappa shape index (κ3) is 3.28. The van der Waals surface area contributed by atoms with E-state index in [2.05, 4.69) is 31.6 Å². The fourth-order valence-corrected chi connectivity index (χ4v) is 6.17. The molecule has 4 heterocycles. The summed E-state index contributed by atoms with van der Waals surface area (Å²) in [6.45, 7) is 3.10. The van der Waals surface area contributed by atoms with Crippen molar-refractivity contribution in [2.75, 3.05) is 13.1 Å². The molecule has 2 amide bonds. The monoisotopic (exact) mass is 461 g/mol. The van der Waals surface area contributed by atoms with Gasteiger partial charge in [0.2, 0.25) is 17.6 Å². The summed E-state index contributed by atoms with van der Waals surface area (Å²) >= 11 is 0. The average molecular weight is 462 g/mol. The molecule has 1 aromatic heterocycles. The van der Waals surface area contributed by atoms with Crippen LogP contribution < -0.4 is 5.73 Å². The van der Waals surface area contributed by atoms with Crippen LogP contribution in [0.15, 0.2) is 24.3 Å². The second-order valence-corrected chi connectivity index (χ2v) is 9.93. The smallest absolute Gasteiger partial charge is 0.242 e. The number of fused-ring (bicyclic) bond motifs is 3. The Morgan fingerprint density at radius 1 is 1.29 bits per heavy atom. The minimum atomic E-state index is -0.717. The number of aromatic nitrogens is 4. The van der Waals surface area contributed by atoms with Crippen LogP contribution in [-0.4, -0.2) is 90.4 Å². The van der Waals surface area contributed by atoms with Crippen molar-refractivity contribution >= 4 is 11.8 Å². The topological polar surface area (TPSA) is 148 Å². The fourth-order valence-electron chi connectivity index (χ4n) is 6.17. The molecule has 3 saturated heterocycles. The highest BCUT2D eigenvalue weighted by Crippen LogP contribution is 2.48. The van der Waals surface area contributed by atoms with E-state index in [0.29, 0.717) is 24.8 Å². The minimum absolute atomic E-state index is 0.0629. The molecule has 6 rings (SSSR count). The molecule has 7 atom stereocenters. The summed E-state index contributed by atoms with van der Waals surface area (Å²) in [6, 6.07) is 9.00. The number of piperazine rings is 1. The lowest BCUT2D eigenvalue weighted by Gasteiger charge is -2.38. The van der Waals surface area contributed by atoms with E-state index in [-0.39, 0.29) is 42.0 Å². The number of piperidine rings is 1. The van der Waals surface area contributed by atoms with Crippen LogP contribution >= 0.6 is 0 Å². The van der Waals surface area contributed by atoms with Crippen LogP contribution in [0.4, 0.5) is 0 Å². The van der Waals surface area contributed by atoms with Gasteiger partial charge in [0.15, 0.2) is 0 Å². The van der Waals surface area contributed by atoms with E-state index in [1.807, 2.05) is 36.1 Å². The lowest BCUT2D eigenvalue weighted by molar-refractivity contribution is -0.141. The number of nitrogens with two attached hydrogens (primary N) is 1. The van der Waals surface area contributed by atoms with Crippen LogP contribution in [0.1, 0.15) is 37.8 Å². The van der Waals surface area contributed by atoms with Gasteiger partial charge in [-0.2, -0.15) is 10.5 Å². The van der Waals surface area contributed by atoms with Crippen molar-refractivity contribution in [1.82, 2.24) is 35.3 Å². The minimum Gasteiger partial charge on any atom is -0.330 e. The summed E-state index contributed by atoms with van der Waals surface area (Å²) in [6.07, 6.45) is 2.49. The Bertz CT molecular complexity index is 1140. The molecule has 4 aliphatic rings. The molecule has 3 aliphatic heterocycles. The number of likely N-dealkylation sites (tertiary alicyclic amines) is 3. The van der Waals surface area contributed by atoms with Gasteiger partial charge in [0.25, 0.3) is 0 Å². The second-order valence-electron chi connectivity index (χ2n) is 9.93. The number of benzene rings is 1. The maximum absolute atomic E-state index is 13.3. The van der Waals surface area contributed by atoms with Gasteiger partial charge >= 0.3 is 0 Å². The summed E-state index contributed by atoms with van der Waals surface area (Å²) < 4.78 is 0. The number of H-pyrrole nitrogens is 1. The lowest BCUT2D eigenvalue weighted by atomic mass is 10.0. The Hall–Kier alpha value is -3.36. The number of rotatable bonds is 6. The zero-order valence-electron chi connectivity index (χ0n) is 18.9. The highest BCUT2D eigenvalue weighted by Gasteiger charge is 2.56. The van der Waals surface area contributed by atoms with Crippen molar-refractivity contribution in [3.8, 4) is 17.5 Å². The van der Waals surface area contributed by atoms with E-state index >= 15 is 0 Å². The van der Waals surface area contributed by atoms with Gasteiger partial charge in [-0.3, -0.25) is 14.5 Å². The third-order valence-electron chi connectivity index (χ3n) is 7.98. The number of nitriles is 1. The summed E-state index contributed by atoms with van der Waals surface area (Å²) in [7, 11) is 0. The Morgan fingerprint density at radius 3 is 2.76 bits per heavy atom. The first-order valence-corrected chi connectivity index (χ1v) is 11.8. The molecule has 176 valence electrons. The quantitative estimate of drug-likeness (QED) is 0.613. The van der Waals surface area contributed by atoms with Crippen molar-refractivity contribution in [3.05, 3.63) is 29.8 Å². The van der Waals surface area contributed by atoms with Crippen molar-refractivity contribution in [1.29, 1.82) is 5.26 Å². The Balaban J connectivity index is 1.10. The van der Waals surface area contributed by atoms with Gasteiger partial charge in [-0.15, -0.1) is 10.2 Å². The maximum atomic E-state index is 13.3. The average Bonchev–Trinajstić information content (AvgIpc) is 3.28. The maximum Gasteiger partial charge on any atom is 0.242 e. The molecule has 2 bridgehead atoms. The van der Waals surface area contributed by atoms with E-state index in [0.717, 1.165) is 30.4 Å². The Labute approximate surface area is 196 Å². The van der Waals surface area contributed by atoms with Crippen molar-refractivity contribution in [3.63, 3.8) is 0 Å². The number of tetrazole rings is 1. The molecule has 1 saturated carbocycles. The van der Waals surface area contributed by atoms with Gasteiger partial charge in [0.1, 0.15) is 6.04 Å². The van der Waals surface area contributed by atoms with E-state index in [1.54, 1.807) is 4.90 Å². The van der Waals surface area contributed by atoms with Crippen LogP contribution in [0.5, 0.6) is 0 Å². The van der Waals surface area contributed by atoms with E-state index < -0.39 is 6.04 Å². The number of nitrogens with one attached hydrogen (secondary N) is 1. The summed E-state index contributed by atoms with van der Waals surface area (Å²) in [5, 5.41) is 23.4. The SMILES string of the molecule is C[C@@H](c1ccc(-c2nn[nH]n2)cc1)N1C(=O)[C@@H]2C[C@H]1CN2C[C@H](N)C(=O)N1[C@H](C#N)CC2C[C@@H]21. The molecule has 11 nitrogen and oxygen atoms in total. The molecule has 34 heavy (non-hydrogen) atoms. The first-order chi connectivity index (χ1) is 16.5. The van der Waals surface area contributed by atoms with Gasteiger partial charge in [0, 0.05) is 30.7 Å². The second kappa shape index (κ2) is 7.85. The molecule has 0 radical (unpaired) electrons. The van der Waals surface area contributed by atoms with Crippen molar-refractivity contribution < 1.29 is 9.59 Å². The van der Waals surface area contributed by atoms with E-state index in [9.17, 15) is 14.9 Å². The molecule has 3 N–H and O–H groups in total. The summed E-state index contributed by atoms with van der Waals surface area (Å²) in [5.74, 6) is 0.924. The largest absolute Gasteiger partial charge is 0.330 e. The molecule has 1 aliphatic carbocycles. The van der Waals surface area contributed by atoms with Gasteiger partial charge < -0.3 is 15.5 Å². The van der Waals surface area contributed by atoms with Crippen LogP contribution in [0.25, 0.3) is 11.4 Å². The van der Waals surface area contributed by atoms with Gasteiger partial charge in [-0.1, -0.05) is 24.3 Å². The van der Waals surface area contributed by atoms with Crippen LogP contribution in [-0.2, 0) is 9.59 Å². The number of aromatic amines is 1. The molecule has 1 unspecified atom stereocenters. The number of hydrogen-bond acceptors (Lipinski definition) is 8. The number of carbonyl (C=O) groups is 2.